The molecule has 152 valence electrons. The van der Waals surface area contributed by atoms with E-state index in [1.165, 1.54) is 0 Å². The first-order chi connectivity index (χ1) is 13.3. The highest BCUT2D eigenvalue weighted by atomic mass is 28.4. The van der Waals surface area contributed by atoms with Crippen molar-refractivity contribution in [1.82, 2.24) is 0 Å². The minimum absolute atomic E-state index is 0.205. The van der Waals surface area contributed by atoms with Gasteiger partial charge in [0.2, 0.25) is 0 Å². The Hall–Kier alpha value is -1.54. The predicted octanol–water partition coefficient (Wildman–Crippen LogP) is 1.39. The van der Waals surface area contributed by atoms with Gasteiger partial charge >= 0.3 is 0 Å². The summed E-state index contributed by atoms with van der Waals surface area (Å²) in [6, 6.07) is 20.3. The lowest BCUT2D eigenvalue weighted by molar-refractivity contribution is -0.247. The molecule has 6 heteroatoms. The predicted molar refractivity (Wildman–Crippen MR) is 111 cm³/mol. The first kappa shape index (κ1) is 21.2. The van der Waals surface area contributed by atoms with E-state index in [9.17, 15) is 15.3 Å². The number of rotatable bonds is 5. The zero-order chi connectivity index (χ0) is 20.4. The molecule has 0 bridgehead atoms. The van der Waals surface area contributed by atoms with E-state index in [2.05, 4.69) is 45.0 Å². The third-order valence-corrected chi connectivity index (χ3v) is 10.5. The van der Waals surface area contributed by atoms with Gasteiger partial charge in [-0.05, 0) is 15.4 Å². The zero-order valence-electron chi connectivity index (χ0n) is 16.7. The SMILES string of the molecule is CC(C)(C)[Si](O[C@@H]1C[C@H](O)[C@@H](CO)O[C@@H]1O)(c1ccccc1)c1ccccc1. The molecule has 0 unspecified atom stereocenters. The monoisotopic (exact) mass is 402 g/mol. The molecule has 0 amide bonds. The zero-order valence-corrected chi connectivity index (χ0v) is 17.7. The van der Waals surface area contributed by atoms with Crippen molar-refractivity contribution >= 4 is 18.7 Å². The first-order valence-electron chi connectivity index (χ1n) is 9.71. The van der Waals surface area contributed by atoms with Crippen LogP contribution >= 0.6 is 0 Å². The van der Waals surface area contributed by atoms with Crippen molar-refractivity contribution in [3.05, 3.63) is 60.7 Å². The largest absolute Gasteiger partial charge is 0.399 e. The van der Waals surface area contributed by atoms with E-state index in [4.69, 9.17) is 9.16 Å². The first-order valence-corrected chi connectivity index (χ1v) is 11.6. The van der Waals surface area contributed by atoms with Gasteiger partial charge in [-0.3, -0.25) is 0 Å². The van der Waals surface area contributed by atoms with Gasteiger partial charge in [-0.25, -0.2) is 0 Å². The van der Waals surface area contributed by atoms with Crippen LogP contribution in [0.4, 0.5) is 0 Å². The smallest absolute Gasteiger partial charge is 0.261 e. The highest BCUT2D eigenvalue weighted by Crippen LogP contribution is 2.39. The normalized spacial score (nSPS) is 26.2. The Morgan fingerprint density at radius 2 is 1.46 bits per heavy atom. The summed E-state index contributed by atoms with van der Waals surface area (Å²) < 4.78 is 12.3. The summed E-state index contributed by atoms with van der Waals surface area (Å²) in [6.07, 6.45) is -3.38. The number of aliphatic hydroxyl groups is 3. The van der Waals surface area contributed by atoms with E-state index in [0.717, 1.165) is 10.4 Å². The molecule has 3 rings (SSSR count). The molecular formula is C22H30O5Si. The second-order valence-electron chi connectivity index (χ2n) is 8.37. The second kappa shape index (κ2) is 8.45. The van der Waals surface area contributed by atoms with Crippen LogP contribution in [0.25, 0.3) is 0 Å². The Balaban J connectivity index is 2.09. The molecule has 1 fully saturated rings. The molecule has 1 heterocycles. The summed E-state index contributed by atoms with van der Waals surface area (Å²) in [4.78, 5) is 0. The molecule has 0 radical (unpaired) electrons. The topological polar surface area (TPSA) is 79.2 Å². The molecule has 1 aliphatic rings. The van der Waals surface area contributed by atoms with Crippen molar-refractivity contribution in [1.29, 1.82) is 0 Å². The van der Waals surface area contributed by atoms with Crippen LogP contribution in [-0.2, 0) is 9.16 Å². The average Bonchev–Trinajstić information content (AvgIpc) is 2.68. The molecule has 2 aromatic rings. The summed E-state index contributed by atoms with van der Waals surface area (Å²) >= 11 is 0. The van der Waals surface area contributed by atoms with Crippen LogP contribution in [0.5, 0.6) is 0 Å². The average molecular weight is 403 g/mol. The number of hydrogen-bond donors (Lipinski definition) is 3. The molecule has 0 spiro atoms. The number of benzene rings is 2. The van der Waals surface area contributed by atoms with Crippen molar-refractivity contribution in [3.63, 3.8) is 0 Å². The lowest BCUT2D eigenvalue weighted by atomic mass is 10.0. The Bertz CT molecular complexity index is 707. The third kappa shape index (κ3) is 3.94. The van der Waals surface area contributed by atoms with Crippen LogP contribution in [-0.4, -0.2) is 54.8 Å². The van der Waals surface area contributed by atoms with Gasteiger partial charge in [-0.2, -0.15) is 0 Å². The Morgan fingerprint density at radius 1 is 0.964 bits per heavy atom. The van der Waals surface area contributed by atoms with Gasteiger partial charge in [0.1, 0.15) is 6.10 Å². The molecule has 2 aromatic carbocycles. The van der Waals surface area contributed by atoms with Crippen LogP contribution in [0.1, 0.15) is 27.2 Å². The minimum atomic E-state index is -2.85. The quantitative estimate of drug-likeness (QED) is 0.659. The van der Waals surface area contributed by atoms with Crippen molar-refractivity contribution in [2.24, 2.45) is 0 Å². The van der Waals surface area contributed by atoms with Gasteiger partial charge in [0, 0.05) is 6.42 Å². The molecular weight excluding hydrogens is 372 g/mol. The van der Waals surface area contributed by atoms with Gasteiger partial charge in [0.05, 0.1) is 18.8 Å². The summed E-state index contributed by atoms with van der Waals surface area (Å²) in [5, 5.41) is 32.2. The van der Waals surface area contributed by atoms with Crippen LogP contribution in [0, 0.1) is 0 Å². The van der Waals surface area contributed by atoms with Crippen molar-refractivity contribution in [2.45, 2.75) is 56.8 Å². The third-order valence-electron chi connectivity index (χ3n) is 5.46. The molecule has 0 saturated carbocycles. The fraction of sp³-hybridized carbons (Fsp3) is 0.455. The van der Waals surface area contributed by atoms with Crippen molar-refractivity contribution < 1.29 is 24.5 Å². The summed E-state index contributed by atoms with van der Waals surface area (Å²) in [5.74, 6) is 0. The van der Waals surface area contributed by atoms with Gasteiger partial charge < -0.3 is 24.5 Å². The van der Waals surface area contributed by atoms with Crippen LogP contribution < -0.4 is 10.4 Å². The van der Waals surface area contributed by atoms with E-state index >= 15 is 0 Å². The number of ether oxygens (including phenoxy) is 1. The van der Waals surface area contributed by atoms with Gasteiger partial charge in [-0.15, -0.1) is 0 Å². The lowest BCUT2D eigenvalue weighted by Gasteiger charge is -2.47. The van der Waals surface area contributed by atoms with E-state index in [1.54, 1.807) is 0 Å². The highest BCUT2D eigenvalue weighted by Gasteiger charge is 2.53. The Morgan fingerprint density at radius 3 is 1.89 bits per heavy atom. The molecule has 4 atom stereocenters. The van der Waals surface area contributed by atoms with E-state index in [0.29, 0.717) is 0 Å². The van der Waals surface area contributed by atoms with Crippen molar-refractivity contribution in [2.75, 3.05) is 6.61 Å². The summed E-state index contributed by atoms with van der Waals surface area (Å²) in [7, 11) is -2.85. The Labute approximate surface area is 167 Å². The maximum absolute atomic E-state index is 10.6. The molecule has 0 aromatic heterocycles. The fourth-order valence-corrected chi connectivity index (χ4v) is 8.73. The van der Waals surface area contributed by atoms with E-state index in [1.807, 2.05) is 36.4 Å². The fourth-order valence-electron chi connectivity index (χ4n) is 4.05. The minimum Gasteiger partial charge on any atom is -0.399 e. The second-order valence-corrected chi connectivity index (χ2v) is 12.6. The number of aliphatic hydroxyl groups excluding tert-OH is 3. The molecule has 28 heavy (non-hydrogen) atoms. The van der Waals surface area contributed by atoms with Crippen LogP contribution in [0.15, 0.2) is 60.7 Å². The van der Waals surface area contributed by atoms with E-state index in [-0.39, 0.29) is 18.1 Å². The maximum atomic E-state index is 10.6. The number of hydrogen-bond acceptors (Lipinski definition) is 5. The van der Waals surface area contributed by atoms with Crippen molar-refractivity contribution in [3.8, 4) is 0 Å². The van der Waals surface area contributed by atoms with Crippen LogP contribution in [0.3, 0.4) is 0 Å². The molecule has 0 aliphatic carbocycles. The standard InChI is InChI=1S/C22H30O5Si/c1-22(2,3)28(16-10-6-4-7-11-16,17-12-8-5-9-13-17)27-19-14-18(24)20(15-23)26-21(19)25/h4-13,18-21,23-25H,14-15H2,1-3H3/t18-,19+,20+,21-/m0/s1. The van der Waals surface area contributed by atoms with Gasteiger partial charge in [-0.1, -0.05) is 81.4 Å². The molecule has 5 nitrogen and oxygen atoms in total. The van der Waals surface area contributed by atoms with Gasteiger partial charge in [0.25, 0.3) is 8.32 Å². The van der Waals surface area contributed by atoms with E-state index < -0.39 is 32.9 Å². The maximum Gasteiger partial charge on any atom is 0.261 e. The Kier molecular flexibility index (Phi) is 6.39. The molecule has 3 N–H and O–H groups in total. The highest BCUT2D eigenvalue weighted by molar-refractivity contribution is 6.99. The lowest BCUT2D eigenvalue weighted by Crippen LogP contribution is -2.69. The van der Waals surface area contributed by atoms with Crippen LogP contribution in [0.2, 0.25) is 5.04 Å². The van der Waals surface area contributed by atoms with Gasteiger partial charge in [0.15, 0.2) is 6.29 Å². The molecule has 1 saturated heterocycles. The summed E-state index contributed by atoms with van der Waals surface area (Å²) in [6.45, 7) is 6.12. The summed E-state index contributed by atoms with van der Waals surface area (Å²) in [5.41, 5.74) is 0. The molecule has 1 aliphatic heterocycles.